The van der Waals surface area contributed by atoms with E-state index in [4.69, 9.17) is 0 Å². The second kappa shape index (κ2) is 8.85. The zero-order valence-electron chi connectivity index (χ0n) is 16.4. The first-order chi connectivity index (χ1) is 14.3. The quantitative estimate of drug-likeness (QED) is 0.571. The SMILES string of the molecule is CCC(CO)NN1CN=C(NCc2ccc(-c3ccccn3)cc2)n2nccc21. The van der Waals surface area contributed by atoms with Crippen molar-refractivity contribution in [2.75, 3.05) is 18.3 Å². The van der Waals surface area contributed by atoms with Crippen LogP contribution in [0.4, 0.5) is 5.82 Å². The van der Waals surface area contributed by atoms with Gasteiger partial charge in [0.2, 0.25) is 5.96 Å². The number of hydrazine groups is 1. The number of aromatic nitrogens is 3. The lowest BCUT2D eigenvalue weighted by Gasteiger charge is -2.31. The largest absolute Gasteiger partial charge is 0.395 e. The number of pyridine rings is 1. The van der Waals surface area contributed by atoms with E-state index in [1.54, 1.807) is 17.1 Å². The Morgan fingerprint density at radius 2 is 1.97 bits per heavy atom. The van der Waals surface area contributed by atoms with E-state index < -0.39 is 0 Å². The van der Waals surface area contributed by atoms with Crippen LogP contribution in [0.5, 0.6) is 0 Å². The van der Waals surface area contributed by atoms with Gasteiger partial charge in [0.15, 0.2) is 5.82 Å². The minimum atomic E-state index is -0.0133. The number of fused-ring (bicyclic) bond motifs is 1. The molecule has 3 N–H and O–H groups in total. The van der Waals surface area contributed by atoms with Gasteiger partial charge in [0.05, 0.1) is 18.5 Å². The van der Waals surface area contributed by atoms with Crippen LogP contribution in [0.1, 0.15) is 18.9 Å². The number of nitrogens with zero attached hydrogens (tertiary/aromatic N) is 5. The summed E-state index contributed by atoms with van der Waals surface area (Å²) in [4.78, 5) is 8.99. The summed E-state index contributed by atoms with van der Waals surface area (Å²) in [6, 6.07) is 16.1. The molecule has 3 heterocycles. The molecule has 1 unspecified atom stereocenters. The van der Waals surface area contributed by atoms with Crippen LogP contribution in [0, 0.1) is 0 Å². The number of anilines is 1. The summed E-state index contributed by atoms with van der Waals surface area (Å²) < 4.78 is 1.77. The van der Waals surface area contributed by atoms with Crippen molar-refractivity contribution in [3.05, 3.63) is 66.5 Å². The number of rotatable bonds is 7. The van der Waals surface area contributed by atoms with Gasteiger partial charge in [-0.1, -0.05) is 37.3 Å². The molecule has 0 bridgehead atoms. The van der Waals surface area contributed by atoms with E-state index in [9.17, 15) is 5.11 Å². The summed E-state index contributed by atoms with van der Waals surface area (Å²) in [7, 11) is 0. The first kappa shape index (κ1) is 19.1. The van der Waals surface area contributed by atoms with Crippen molar-refractivity contribution in [3.8, 4) is 11.3 Å². The highest BCUT2D eigenvalue weighted by Gasteiger charge is 2.22. The molecule has 8 nitrogen and oxygen atoms in total. The lowest BCUT2D eigenvalue weighted by Crippen LogP contribution is -2.51. The van der Waals surface area contributed by atoms with Gasteiger partial charge >= 0.3 is 0 Å². The average Bonchev–Trinajstić information content (AvgIpc) is 3.28. The van der Waals surface area contributed by atoms with Gasteiger partial charge in [0.1, 0.15) is 6.67 Å². The van der Waals surface area contributed by atoms with Crippen LogP contribution in [-0.4, -0.2) is 45.1 Å². The Kier molecular flexibility index (Phi) is 5.83. The molecule has 1 atom stereocenters. The van der Waals surface area contributed by atoms with E-state index in [0.29, 0.717) is 19.2 Å². The first-order valence-electron chi connectivity index (χ1n) is 9.76. The van der Waals surface area contributed by atoms with E-state index in [1.807, 2.05) is 36.2 Å². The molecule has 0 spiro atoms. The summed E-state index contributed by atoms with van der Waals surface area (Å²) in [6.45, 7) is 3.19. The molecule has 3 aromatic rings. The Bertz CT molecular complexity index is 949. The van der Waals surface area contributed by atoms with Crippen LogP contribution >= 0.6 is 0 Å². The molecule has 1 aromatic carbocycles. The minimum absolute atomic E-state index is 0.0133. The molecule has 0 fully saturated rings. The van der Waals surface area contributed by atoms with E-state index >= 15 is 0 Å². The van der Waals surface area contributed by atoms with Crippen LogP contribution in [-0.2, 0) is 6.54 Å². The topological polar surface area (TPSA) is 90.6 Å². The summed E-state index contributed by atoms with van der Waals surface area (Å²) in [5.41, 5.74) is 6.50. The fourth-order valence-electron chi connectivity index (χ4n) is 3.17. The Morgan fingerprint density at radius 3 is 2.69 bits per heavy atom. The molecule has 1 aliphatic rings. The molecule has 0 amide bonds. The predicted molar refractivity (Wildman–Crippen MR) is 113 cm³/mol. The summed E-state index contributed by atoms with van der Waals surface area (Å²) >= 11 is 0. The van der Waals surface area contributed by atoms with Crippen LogP contribution in [0.2, 0.25) is 0 Å². The highest BCUT2D eigenvalue weighted by molar-refractivity contribution is 5.85. The molecule has 1 aliphatic heterocycles. The van der Waals surface area contributed by atoms with Crippen molar-refractivity contribution in [2.45, 2.75) is 25.9 Å². The first-order valence-corrected chi connectivity index (χ1v) is 9.76. The van der Waals surface area contributed by atoms with Gasteiger partial charge in [-0.2, -0.15) is 9.78 Å². The van der Waals surface area contributed by atoms with E-state index in [-0.39, 0.29) is 12.6 Å². The minimum Gasteiger partial charge on any atom is -0.395 e. The molecule has 2 aromatic heterocycles. The third kappa shape index (κ3) is 4.28. The molecule has 0 radical (unpaired) electrons. The number of aliphatic hydroxyl groups excluding tert-OH is 1. The summed E-state index contributed by atoms with van der Waals surface area (Å²) in [5, 5.41) is 19.1. The van der Waals surface area contributed by atoms with Gasteiger partial charge in [-0.05, 0) is 24.1 Å². The number of benzene rings is 1. The van der Waals surface area contributed by atoms with Gasteiger partial charge in [-0.3, -0.25) is 9.99 Å². The van der Waals surface area contributed by atoms with Gasteiger partial charge in [-0.15, -0.1) is 0 Å². The van der Waals surface area contributed by atoms with E-state index in [1.165, 1.54) is 0 Å². The van der Waals surface area contributed by atoms with Gasteiger partial charge < -0.3 is 10.4 Å². The summed E-state index contributed by atoms with van der Waals surface area (Å²) in [6.07, 6.45) is 4.37. The monoisotopic (exact) mass is 391 g/mol. The van der Waals surface area contributed by atoms with Crippen molar-refractivity contribution >= 4 is 11.8 Å². The second-order valence-corrected chi connectivity index (χ2v) is 6.83. The van der Waals surface area contributed by atoms with Crippen molar-refractivity contribution in [1.29, 1.82) is 0 Å². The maximum atomic E-state index is 9.45. The van der Waals surface area contributed by atoms with Crippen molar-refractivity contribution in [2.24, 2.45) is 4.99 Å². The fourth-order valence-corrected chi connectivity index (χ4v) is 3.17. The Balaban J connectivity index is 1.41. The van der Waals surface area contributed by atoms with Gasteiger partial charge in [0, 0.05) is 30.4 Å². The molecular weight excluding hydrogens is 366 g/mol. The zero-order chi connectivity index (χ0) is 20.1. The highest BCUT2D eigenvalue weighted by Crippen LogP contribution is 2.18. The lowest BCUT2D eigenvalue weighted by molar-refractivity contribution is 0.235. The number of aliphatic hydroxyl groups is 1. The molecule has 8 heteroatoms. The third-order valence-electron chi connectivity index (χ3n) is 4.88. The van der Waals surface area contributed by atoms with Crippen LogP contribution in [0.15, 0.2) is 65.9 Å². The van der Waals surface area contributed by atoms with Gasteiger partial charge in [-0.25, -0.2) is 10.4 Å². The van der Waals surface area contributed by atoms with Crippen molar-refractivity contribution in [1.82, 2.24) is 25.5 Å². The predicted octanol–water partition coefficient (Wildman–Crippen LogP) is 1.99. The molecule has 4 rings (SSSR count). The fraction of sp³-hybridized carbons (Fsp3) is 0.286. The van der Waals surface area contributed by atoms with E-state index in [2.05, 4.69) is 50.1 Å². The number of hydrogen-bond donors (Lipinski definition) is 3. The van der Waals surface area contributed by atoms with Crippen LogP contribution in [0.3, 0.4) is 0 Å². The highest BCUT2D eigenvalue weighted by atomic mass is 16.3. The Morgan fingerprint density at radius 1 is 1.10 bits per heavy atom. The van der Waals surface area contributed by atoms with Gasteiger partial charge in [0.25, 0.3) is 0 Å². The second-order valence-electron chi connectivity index (χ2n) is 6.83. The molecule has 29 heavy (non-hydrogen) atoms. The van der Waals surface area contributed by atoms with Crippen molar-refractivity contribution in [3.63, 3.8) is 0 Å². The maximum absolute atomic E-state index is 9.45. The standard InChI is InChI=1S/C21H25N7O/c1-2-18(14-29)26-27-15-24-21(28-20(27)10-12-25-28)23-13-16-6-8-17(9-7-16)19-5-3-4-11-22-19/h3-12,18,26,29H,2,13-15H2,1H3,(H,23,24). The Hall–Kier alpha value is -3.23. The van der Waals surface area contributed by atoms with Crippen molar-refractivity contribution < 1.29 is 5.11 Å². The molecule has 0 saturated heterocycles. The average molecular weight is 391 g/mol. The normalized spacial score (nSPS) is 14.3. The molecular formula is C21H25N7O. The molecule has 0 saturated carbocycles. The zero-order valence-corrected chi connectivity index (χ0v) is 16.4. The van der Waals surface area contributed by atoms with Crippen LogP contribution in [0.25, 0.3) is 11.3 Å². The Labute approximate surface area is 169 Å². The summed E-state index contributed by atoms with van der Waals surface area (Å²) in [5.74, 6) is 1.59. The van der Waals surface area contributed by atoms with E-state index in [0.717, 1.165) is 29.1 Å². The molecule has 150 valence electrons. The smallest absolute Gasteiger partial charge is 0.223 e. The number of hydrogen-bond acceptors (Lipinski definition) is 7. The molecule has 0 aliphatic carbocycles. The third-order valence-corrected chi connectivity index (χ3v) is 4.88. The maximum Gasteiger partial charge on any atom is 0.223 e. The lowest BCUT2D eigenvalue weighted by atomic mass is 10.1. The number of nitrogens with one attached hydrogen (secondary N) is 2. The van der Waals surface area contributed by atoms with Crippen LogP contribution < -0.4 is 15.8 Å². The number of aliphatic imine (C=N–C) groups is 1.